The molecular formula is C20H22F3NO2. The van der Waals surface area contributed by atoms with E-state index in [2.05, 4.69) is 0 Å². The van der Waals surface area contributed by atoms with Gasteiger partial charge in [-0.2, -0.15) is 13.2 Å². The molecule has 140 valence electrons. The Kier molecular flexibility index (Phi) is 5.47. The lowest BCUT2D eigenvalue weighted by Crippen LogP contribution is -2.48. The smallest absolute Gasteiger partial charge is 0.366 e. The first-order valence-corrected chi connectivity index (χ1v) is 8.51. The average Bonchev–Trinajstić information content (AvgIpc) is 2.85. The summed E-state index contributed by atoms with van der Waals surface area (Å²) in [4.78, 5) is 13.9. The van der Waals surface area contributed by atoms with Gasteiger partial charge in [-0.05, 0) is 30.3 Å². The number of hydrogen-bond donors (Lipinski definition) is 1. The highest BCUT2D eigenvalue weighted by atomic mass is 19.4. The van der Waals surface area contributed by atoms with Crippen molar-refractivity contribution in [1.82, 2.24) is 0 Å². The number of hydrogen-bond acceptors (Lipinski definition) is 2. The van der Waals surface area contributed by atoms with Crippen molar-refractivity contribution in [3.05, 3.63) is 65.2 Å². The van der Waals surface area contributed by atoms with Crippen LogP contribution in [0.5, 0.6) is 0 Å². The summed E-state index contributed by atoms with van der Waals surface area (Å²) < 4.78 is 39.1. The van der Waals surface area contributed by atoms with Gasteiger partial charge in [0.2, 0.25) is 0 Å². The molecule has 1 aliphatic heterocycles. The van der Waals surface area contributed by atoms with Crippen LogP contribution in [0, 0.1) is 5.92 Å². The van der Waals surface area contributed by atoms with Gasteiger partial charge in [0.25, 0.3) is 5.91 Å². The van der Waals surface area contributed by atoms with Gasteiger partial charge in [0.15, 0.2) is 5.72 Å². The molecule has 3 nitrogen and oxygen atoms in total. The van der Waals surface area contributed by atoms with Crippen LogP contribution in [0.15, 0.2) is 48.5 Å². The average molecular weight is 365 g/mol. The highest BCUT2D eigenvalue weighted by Crippen LogP contribution is 2.46. The lowest BCUT2D eigenvalue weighted by Gasteiger charge is -2.37. The number of benzene rings is 2. The van der Waals surface area contributed by atoms with Crippen LogP contribution in [0.3, 0.4) is 0 Å². The Balaban J connectivity index is 0.00000117. The maximum Gasteiger partial charge on any atom is 0.416 e. The fourth-order valence-electron chi connectivity index (χ4n) is 3.07. The van der Waals surface area contributed by atoms with Crippen LogP contribution < -0.4 is 4.90 Å². The second kappa shape index (κ2) is 7.11. The van der Waals surface area contributed by atoms with Gasteiger partial charge < -0.3 is 5.11 Å². The van der Waals surface area contributed by atoms with Crippen LogP contribution in [0.4, 0.5) is 18.9 Å². The monoisotopic (exact) mass is 365 g/mol. The molecule has 0 radical (unpaired) electrons. The Morgan fingerprint density at radius 3 is 2.12 bits per heavy atom. The second-order valence-corrected chi connectivity index (χ2v) is 6.12. The number of fused-ring (bicyclic) bond motifs is 1. The van der Waals surface area contributed by atoms with Crippen molar-refractivity contribution in [3.8, 4) is 0 Å². The van der Waals surface area contributed by atoms with Crippen molar-refractivity contribution in [2.45, 2.75) is 39.6 Å². The van der Waals surface area contributed by atoms with Gasteiger partial charge >= 0.3 is 6.18 Å². The van der Waals surface area contributed by atoms with Crippen molar-refractivity contribution in [1.29, 1.82) is 0 Å². The lowest BCUT2D eigenvalue weighted by atomic mass is 9.89. The van der Waals surface area contributed by atoms with Crippen LogP contribution in [-0.4, -0.2) is 11.0 Å². The standard InChI is InChI=1S/C18H16F3NO2.C2H6/c1-11(2)17(24)15-10-12(18(19,20)21)8-9-14(15)16(23)22(17)13-6-4-3-5-7-13;1-2/h3-11,24H,1-2H3;1-2H3. The number of para-hydroxylation sites is 1. The molecule has 3 rings (SSSR count). The summed E-state index contributed by atoms with van der Waals surface area (Å²) in [6, 6.07) is 11.3. The van der Waals surface area contributed by atoms with Gasteiger partial charge in [-0.15, -0.1) is 0 Å². The number of alkyl halides is 3. The van der Waals surface area contributed by atoms with E-state index >= 15 is 0 Å². The van der Waals surface area contributed by atoms with E-state index in [4.69, 9.17) is 0 Å². The Morgan fingerprint density at radius 2 is 1.62 bits per heavy atom. The molecule has 0 spiro atoms. The summed E-state index contributed by atoms with van der Waals surface area (Å²) in [6.07, 6.45) is -4.55. The summed E-state index contributed by atoms with van der Waals surface area (Å²) >= 11 is 0. The number of carbonyl (C=O) groups excluding carboxylic acids is 1. The minimum Gasteiger partial charge on any atom is -0.366 e. The minimum absolute atomic E-state index is 0.0128. The highest BCUT2D eigenvalue weighted by Gasteiger charge is 2.52. The number of carbonyl (C=O) groups is 1. The van der Waals surface area contributed by atoms with Crippen molar-refractivity contribution < 1.29 is 23.1 Å². The second-order valence-electron chi connectivity index (χ2n) is 6.12. The molecule has 1 heterocycles. The zero-order valence-corrected chi connectivity index (χ0v) is 15.1. The molecule has 1 N–H and O–H groups in total. The van der Waals surface area contributed by atoms with Crippen LogP contribution in [0.2, 0.25) is 0 Å². The number of rotatable bonds is 2. The molecular weight excluding hydrogens is 343 g/mol. The van der Waals surface area contributed by atoms with Crippen molar-refractivity contribution >= 4 is 11.6 Å². The van der Waals surface area contributed by atoms with E-state index in [0.29, 0.717) is 5.69 Å². The lowest BCUT2D eigenvalue weighted by molar-refractivity contribution is -0.137. The van der Waals surface area contributed by atoms with E-state index in [9.17, 15) is 23.1 Å². The first-order chi connectivity index (χ1) is 12.2. The molecule has 26 heavy (non-hydrogen) atoms. The van der Waals surface area contributed by atoms with Crippen LogP contribution in [0.1, 0.15) is 49.2 Å². The molecule has 0 saturated carbocycles. The normalized spacial score (nSPS) is 19.3. The molecule has 2 aromatic rings. The molecule has 1 atom stereocenters. The predicted octanol–water partition coefficient (Wildman–Crippen LogP) is 5.19. The van der Waals surface area contributed by atoms with Crippen LogP contribution >= 0.6 is 0 Å². The molecule has 1 unspecified atom stereocenters. The summed E-state index contributed by atoms with van der Waals surface area (Å²) in [6.45, 7) is 7.33. The topological polar surface area (TPSA) is 40.5 Å². The van der Waals surface area contributed by atoms with Gasteiger partial charge in [0.05, 0.1) is 5.56 Å². The Morgan fingerprint density at radius 1 is 1.04 bits per heavy atom. The summed E-state index contributed by atoms with van der Waals surface area (Å²) in [7, 11) is 0. The number of nitrogens with zero attached hydrogens (tertiary/aromatic N) is 1. The largest absolute Gasteiger partial charge is 0.416 e. The van der Waals surface area contributed by atoms with Crippen LogP contribution in [0.25, 0.3) is 0 Å². The summed E-state index contributed by atoms with van der Waals surface area (Å²) in [5, 5.41) is 11.2. The Bertz CT molecular complexity index is 787. The van der Waals surface area contributed by atoms with E-state index in [-0.39, 0.29) is 11.1 Å². The van der Waals surface area contributed by atoms with Crippen LogP contribution in [-0.2, 0) is 11.9 Å². The maximum absolute atomic E-state index is 13.0. The fourth-order valence-corrected chi connectivity index (χ4v) is 3.07. The minimum atomic E-state index is -4.55. The molecule has 2 aromatic carbocycles. The zero-order chi connectivity index (χ0) is 19.7. The quantitative estimate of drug-likeness (QED) is 0.795. The van der Waals surface area contributed by atoms with E-state index in [1.807, 2.05) is 13.8 Å². The number of aliphatic hydroxyl groups is 1. The summed E-state index contributed by atoms with van der Waals surface area (Å²) in [5.41, 5.74) is -2.22. The maximum atomic E-state index is 13.0. The number of anilines is 1. The Hall–Kier alpha value is -2.34. The molecule has 0 fully saturated rings. The fraction of sp³-hybridized carbons (Fsp3) is 0.350. The van der Waals surface area contributed by atoms with Crippen molar-refractivity contribution in [3.63, 3.8) is 0 Å². The van der Waals surface area contributed by atoms with E-state index < -0.39 is 29.3 Å². The summed E-state index contributed by atoms with van der Waals surface area (Å²) in [5.74, 6) is -1.02. The molecule has 0 bridgehead atoms. The van der Waals surface area contributed by atoms with Gasteiger partial charge in [0, 0.05) is 22.7 Å². The molecule has 1 aliphatic rings. The molecule has 0 aromatic heterocycles. The third-order valence-corrected chi connectivity index (χ3v) is 4.34. The molecule has 0 aliphatic carbocycles. The van der Waals surface area contributed by atoms with E-state index in [1.54, 1.807) is 44.2 Å². The van der Waals surface area contributed by atoms with Gasteiger partial charge in [-0.1, -0.05) is 45.9 Å². The van der Waals surface area contributed by atoms with Gasteiger partial charge in [0.1, 0.15) is 0 Å². The first kappa shape index (κ1) is 20.0. The van der Waals surface area contributed by atoms with Gasteiger partial charge in [-0.3, -0.25) is 9.69 Å². The predicted molar refractivity (Wildman–Crippen MR) is 94.8 cm³/mol. The van der Waals surface area contributed by atoms with Crippen molar-refractivity contribution in [2.75, 3.05) is 4.90 Å². The Labute approximate surface area is 151 Å². The molecule has 1 amide bonds. The van der Waals surface area contributed by atoms with E-state index in [1.165, 1.54) is 4.90 Å². The third-order valence-electron chi connectivity index (χ3n) is 4.34. The number of amides is 1. The van der Waals surface area contributed by atoms with Crippen molar-refractivity contribution in [2.24, 2.45) is 5.92 Å². The number of halogens is 3. The van der Waals surface area contributed by atoms with Gasteiger partial charge in [-0.25, -0.2) is 0 Å². The van der Waals surface area contributed by atoms with E-state index in [0.717, 1.165) is 18.2 Å². The third kappa shape index (κ3) is 3.09. The zero-order valence-electron chi connectivity index (χ0n) is 15.1. The highest BCUT2D eigenvalue weighted by molar-refractivity contribution is 6.11. The SMILES string of the molecule is CC.CC(C)C1(O)c2cc(C(F)(F)F)ccc2C(=O)N1c1ccccc1. The molecule has 6 heteroatoms. The molecule has 0 saturated heterocycles. The first-order valence-electron chi connectivity index (χ1n) is 8.51.